The number of hydrogen-bond acceptors (Lipinski definition) is 3. The first-order valence-corrected chi connectivity index (χ1v) is 13.4. The lowest BCUT2D eigenvalue weighted by molar-refractivity contribution is -0.160. The second-order valence-electron chi connectivity index (χ2n) is 10.9. The Morgan fingerprint density at radius 3 is 1.10 bits per heavy atom. The molecule has 0 saturated heterocycles. The summed E-state index contributed by atoms with van der Waals surface area (Å²) in [6.45, 7) is 13.3. The van der Waals surface area contributed by atoms with Gasteiger partial charge in [0.25, 0.3) is 0 Å². The van der Waals surface area contributed by atoms with Crippen molar-refractivity contribution >= 4 is 11.9 Å². The highest BCUT2D eigenvalue weighted by Gasteiger charge is 2.16. The van der Waals surface area contributed by atoms with Gasteiger partial charge < -0.3 is 4.74 Å². The van der Waals surface area contributed by atoms with Crippen LogP contribution in [-0.2, 0) is 14.3 Å². The van der Waals surface area contributed by atoms with E-state index >= 15 is 0 Å². The van der Waals surface area contributed by atoms with E-state index < -0.39 is 0 Å². The molecule has 3 heteroatoms. The molecule has 0 aliphatic heterocycles. The lowest BCUT2D eigenvalue weighted by Crippen LogP contribution is -2.17. The molecule has 0 aliphatic rings. The minimum atomic E-state index is -0.341. The van der Waals surface area contributed by atoms with E-state index in [4.69, 9.17) is 4.74 Å². The third kappa shape index (κ3) is 22.1. The molecule has 0 fully saturated rings. The summed E-state index contributed by atoms with van der Waals surface area (Å²) in [7, 11) is 0. The van der Waals surface area contributed by atoms with Crippen LogP contribution < -0.4 is 0 Å². The molecule has 2 unspecified atom stereocenters. The van der Waals surface area contributed by atoms with Gasteiger partial charge in [-0.1, -0.05) is 131 Å². The van der Waals surface area contributed by atoms with Crippen molar-refractivity contribution in [3.05, 3.63) is 0 Å². The SMILES string of the molecule is CC(C)CCCCCCCC(C)CC(=O)OC(=O)CC(C)CCCCCCCC(C)C. The minimum absolute atomic E-state index is 0.295. The molecule has 3 nitrogen and oxygen atoms in total. The van der Waals surface area contributed by atoms with Crippen molar-refractivity contribution in [1.82, 2.24) is 0 Å². The molecule has 0 heterocycles. The fourth-order valence-electron chi connectivity index (χ4n) is 4.13. The molecule has 0 radical (unpaired) electrons. The molecule has 0 saturated carbocycles. The van der Waals surface area contributed by atoms with Crippen LogP contribution in [0.4, 0.5) is 0 Å². The quantitative estimate of drug-likeness (QED) is 0.108. The summed E-state index contributed by atoms with van der Waals surface area (Å²) >= 11 is 0. The molecule has 0 spiro atoms. The van der Waals surface area contributed by atoms with E-state index in [-0.39, 0.29) is 11.9 Å². The number of esters is 2. The number of hydrogen-bond donors (Lipinski definition) is 0. The fraction of sp³-hybridized carbons (Fsp3) is 0.929. The Kier molecular flexibility index (Phi) is 19.2. The van der Waals surface area contributed by atoms with Gasteiger partial charge >= 0.3 is 11.9 Å². The van der Waals surface area contributed by atoms with E-state index in [1.54, 1.807) is 0 Å². The van der Waals surface area contributed by atoms with E-state index in [9.17, 15) is 9.59 Å². The van der Waals surface area contributed by atoms with Crippen molar-refractivity contribution in [3.8, 4) is 0 Å². The standard InChI is InChI=1S/C28H54O3/c1-23(2)17-13-9-7-11-15-19-25(5)21-27(29)31-28(30)22-26(6)20-16-12-8-10-14-18-24(3)4/h23-26H,7-22H2,1-6H3. The van der Waals surface area contributed by atoms with Crippen LogP contribution in [0.5, 0.6) is 0 Å². The fourth-order valence-corrected chi connectivity index (χ4v) is 4.13. The van der Waals surface area contributed by atoms with E-state index in [1.165, 1.54) is 77.0 Å². The summed E-state index contributed by atoms with van der Waals surface area (Å²) in [5, 5.41) is 0. The Labute approximate surface area is 194 Å². The van der Waals surface area contributed by atoms with Crippen molar-refractivity contribution in [3.63, 3.8) is 0 Å². The Morgan fingerprint density at radius 1 is 0.484 bits per heavy atom. The average molecular weight is 439 g/mol. The summed E-state index contributed by atoms with van der Waals surface area (Å²) in [5.41, 5.74) is 0. The lowest BCUT2D eigenvalue weighted by Gasteiger charge is -2.12. The van der Waals surface area contributed by atoms with Gasteiger partial charge in [-0.3, -0.25) is 9.59 Å². The van der Waals surface area contributed by atoms with Crippen LogP contribution in [0.3, 0.4) is 0 Å². The van der Waals surface area contributed by atoms with Crippen LogP contribution in [0.2, 0.25) is 0 Å². The zero-order valence-corrected chi connectivity index (χ0v) is 21.8. The lowest BCUT2D eigenvalue weighted by atomic mass is 9.98. The third-order valence-corrected chi connectivity index (χ3v) is 6.21. The predicted octanol–water partition coefficient (Wildman–Crippen LogP) is 8.88. The maximum absolute atomic E-state index is 12.0. The largest absolute Gasteiger partial charge is 0.393 e. The van der Waals surface area contributed by atoms with Crippen LogP contribution in [0.25, 0.3) is 0 Å². The van der Waals surface area contributed by atoms with Gasteiger partial charge in [0.2, 0.25) is 0 Å². The second-order valence-corrected chi connectivity index (χ2v) is 10.9. The van der Waals surface area contributed by atoms with Crippen molar-refractivity contribution in [2.75, 3.05) is 0 Å². The molecule has 0 aromatic rings. The van der Waals surface area contributed by atoms with Gasteiger partial charge in [0.15, 0.2) is 0 Å². The van der Waals surface area contributed by atoms with Gasteiger partial charge in [0.05, 0.1) is 0 Å². The Bertz CT molecular complexity index is 402. The van der Waals surface area contributed by atoms with E-state index in [2.05, 4.69) is 41.5 Å². The van der Waals surface area contributed by atoms with Gasteiger partial charge in [-0.25, -0.2) is 0 Å². The van der Waals surface area contributed by atoms with Gasteiger partial charge in [0.1, 0.15) is 0 Å². The van der Waals surface area contributed by atoms with Gasteiger partial charge in [-0.05, 0) is 23.7 Å². The Morgan fingerprint density at radius 2 is 0.774 bits per heavy atom. The minimum Gasteiger partial charge on any atom is -0.393 e. The molecule has 0 aromatic heterocycles. The zero-order chi connectivity index (χ0) is 23.5. The third-order valence-electron chi connectivity index (χ3n) is 6.21. The first-order chi connectivity index (χ1) is 14.7. The first-order valence-electron chi connectivity index (χ1n) is 13.4. The smallest absolute Gasteiger partial charge is 0.313 e. The first kappa shape index (κ1) is 30.1. The van der Waals surface area contributed by atoms with Crippen LogP contribution >= 0.6 is 0 Å². The molecular weight excluding hydrogens is 384 g/mol. The van der Waals surface area contributed by atoms with Gasteiger partial charge in [-0.2, -0.15) is 0 Å². The molecule has 184 valence electrons. The highest BCUT2D eigenvalue weighted by molar-refractivity contribution is 5.85. The molecule has 0 amide bonds. The van der Waals surface area contributed by atoms with Gasteiger partial charge in [-0.15, -0.1) is 0 Å². The molecular formula is C28H54O3. The van der Waals surface area contributed by atoms with E-state index in [1.807, 2.05) is 0 Å². The molecule has 0 N–H and O–H groups in total. The van der Waals surface area contributed by atoms with Crippen LogP contribution in [0, 0.1) is 23.7 Å². The molecule has 0 aromatic carbocycles. The van der Waals surface area contributed by atoms with Crippen molar-refractivity contribution < 1.29 is 14.3 Å². The van der Waals surface area contributed by atoms with Crippen LogP contribution in [0.15, 0.2) is 0 Å². The molecule has 0 aliphatic carbocycles. The summed E-state index contributed by atoms with van der Waals surface area (Å²) < 4.78 is 5.08. The zero-order valence-electron chi connectivity index (χ0n) is 21.8. The van der Waals surface area contributed by atoms with Gasteiger partial charge in [0, 0.05) is 12.8 Å². The number of carbonyl (C=O) groups excluding carboxylic acids is 2. The second kappa shape index (κ2) is 19.8. The summed E-state index contributed by atoms with van der Waals surface area (Å²) in [6, 6.07) is 0. The molecule has 0 rings (SSSR count). The molecule has 2 atom stereocenters. The monoisotopic (exact) mass is 438 g/mol. The number of rotatable bonds is 20. The van der Waals surface area contributed by atoms with Crippen LogP contribution in [-0.4, -0.2) is 11.9 Å². The highest BCUT2D eigenvalue weighted by atomic mass is 16.6. The Balaban J connectivity index is 3.68. The summed E-state index contributed by atoms with van der Waals surface area (Å²) in [4.78, 5) is 24.1. The maximum Gasteiger partial charge on any atom is 0.313 e. The maximum atomic E-state index is 12.0. The average Bonchev–Trinajstić information content (AvgIpc) is 2.65. The highest BCUT2D eigenvalue weighted by Crippen LogP contribution is 2.18. The predicted molar refractivity (Wildman–Crippen MR) is 133 cm³/mol. The summed E-state index contributed by atoms with van der Waals surface area (Å²) in [6.07, 6.45) is 18.2. The topological polar surface area (TPSA) is 43.4 Å². The molecule has 31 heavy (non-hydrogen) atoms. The van der Waals surface area contributed by atoms with Crippen molar-refractivity contribution in [1.29, 1.82) is 0 Å². The van der Waals surface area contributed by atoms with Crippen LogP contribution in [0.1, 0.15) is 144 Å². The van der Waals surface area contributed by atoms with Crippen molar-refractivity contribution in [2.24, 2.45) is 23.7 Å². The normalized spacial score (nSPS) is 13.5. The molecule has 0 bridgehead atoms. The van der Waals surface area contributed by atoms with E-state index in [0.29, 0.717) is 24.7 Å². The number of carbonyl (C=O) groups is 2. The van der Waals surface area contributed by atoms with E-state index in [0.717, 1.165) is 24.7 Å². The summed E-state index contributed by atoms with van der Waals surface area (Å²) in [5.74, 6) is 1.52. The number of unbranched alkanes of at least 4 members (excludes halogenated alkanes) is 8. The van der Waals surface area contributed by atoms with Crippen molar-refractivity contribution in [2.45, 2.75) is 144 Å². The number of ether oxygens (including phenoxy) is 1. The Hall–Kier alpha value is -0.860.